The zero-order valence-corrected chi connectivity index (χ0v) is 49.1. The number of aromatic nitrogens is 5. The molecule has 0 radical (unpaired) electrons. The first kappa shape index (κ1) is 52.6. The van der Waals surface area contributed by atoms with Gasteiger partial charge in [0.15, 0.2) is 5.82 Å². The quantitative estimate of drug-likeness (QED) is 0.136. The van der Waals surface area contributed by atoms with Crippen molar-refractivity contribution in [2.24, 2.45) is 0 Å². The van der Waals surface area contributed by atoms with Crippen molar-refractivity contribution in [3.63, 3.8) is 0 Å². The van der Waals surface area contributed by atoms with Gasteiger partial charge >= 0.3 is 0 Å². The highest BCUT2D eigenvalue weighted by Gasteiger charge is 2.26. The zero-order chi connectivity index (χ0) is 60.5. The first-order valence-electron chi connectivity index (χ1n) is 30.5. The molecule has 0 saturated carbocycles. The molecule has 0 bridgehead atoms. The Balaban J connectivity index is 1.02. The van der Waals surface area contributed by atoms with Crippen molar-refractivity contribution >= 4 is 65.4 Å². The average molecular weight is 1160 g/mol. The summed E-state index contributed by atoms with van der Waals surface area (Å²) < 4.78 is 7.25. The molecule has 17 rings (SSSR count). The lowest BCUT2D eigenvalue weighted by Gasteiger charge is -2.22. The van der Waals surface area contributed by atoms with E-state index >= 15 is 0 Å². The second-order valence-corrected chi connectivity index (χ2v) is 23.1. The van der Waals surface area contributed by atoms with E-state index in [-0.39, 0.29) is 0 Å². The fourth-order valence-corrected chi connectivity index (χ4v) is 13.7. The standard InChI is InChI=1S/C84H51N7/c85-52-54-19-15-25-58(43-54)60-39-41-81-73(47-60)74-48-61(59-26-16-20-55(44-59)53-86)40-42-82(74)91(81)83-71(62-27-17-29-65(45-62)89-77-35-11-7-31-67(77)68-32-8-12-36-78(68)89)49-64(76-51-75(56-21-3-1-4-22-56)87-84(88-76)57-23-5-2-6-24-57)50-72(83)63-28-18-30-66(46-63)90-79-37-13-9-33-69(79)70-34-10-14-38-80(70)90/h1-51H. The van der Waals surface area contributed by atoms with E-state index in [0.717, 1.165) is 134 Å². The summed E-state index contributed by atoms with van der Waals surface area (Å²) in [5, 5.41) is 27.1. The summed E-state index contributed by atoms with van der Waals surface area (Å²) in [6.07, 6.45) is 0. The summed E-state index contributed by atoms with van der Waals surface area (Å²) in [6.45, 7) is 0. The van der Waals surface area contributed by atoms with Crippen molar-refractivity contribution in [1.29, 1.82) is 10.5 Å². The topological polar surface area (TPSA) is 88.2 Å². The number of para-hydroxylation sites is 4. The molecule has 7 nitrogen and oxygen atoms in total. The van der Waals surface area contributed by atoms with Crippen molar-refractivity contribution in [2.45, 2.75) is 0 Å². The molecule has 91 heavy (non-hydrogen) atoms. The maximum Gasteiger partial charge on any atom is 0.160 e. The van der Waals surface area contributed by atoms with Crippen LogP contribution >= 0.6 is 0 Å². The van der Waals surface area contributed by atoms with E-state index in [0.29, 0.717) is 17.0 Å². The molecule has 4 heterocycles. The molecule has 0 spiro atoms. The van der Waals surface area contributed by atoms with Gasteiger partial charge in [0, 0.05) is 71.5 Å². The van der Waals surface area contributed by atoms with Crippen LogP contribution < -0.4 is 0 Å². The van der Waals surface area contributed by atoms with Gasteiger partial charge in [-0.25, -0.2) is 9.97 Å². The van der Waals surface area contributed by atoms with Crippen molar-refractivity contribution in [3.8, 4) is 108 Å². The number of fused-ring (bicyclic) bond motifs is 9. The van der Waals surface area contributed by atoms with Crippen molar-refractivity contribution < 1.29 is 0 Å². The van der Waals surface area contributed by atoms with Crippen LogP contribution in [0.25, 0.3) is 161 Å². The van der Waals surface area contributed by atoms with Gasteiger partial charge in [-0.15, -0.1) is 0 Å². The van der Waals surface area contributed by atoms with Crippen LogP contribution in [-0.4, -0.2) is 23.7 Å². The van der Waals surface area contributed by atoms with E-state index in [1.165, 1.54) is 21.5 Å². The Morgan fingerprint density at radius 2 is 0.604 bits per heavy atom. The summed E-state index contributed by atoms with van der Waals surface area (Å²) in [5.41, 5.74) is 22.9. The van der Waals surface area contributed by atoms with Gasteiger partial charge in [0.2, 0.25) is 0 Å². The molecule has 422 valence electrons. The van der Waals surface area contributed by atoms with Crippen molar-refractivity contribution in [2.75, 3.05) is 0 Å². The van der Waals surface area contributed by atoms with Gasteiger partial charge in [-0.2, -0.15) is 10.5 Å². The highest BCUT2D eigenvalue weighted by molar-refractivity contribution is 6.14. The second kappa shape index (κ2) is 21.6. The third-order valence-corrected chi connectivity index (χ3v) is 17.9. The molecule has 7 heteroatoms. The number of nitriles is 2. The fourth-order valence-electron chi connectivity index (χ4n) is 13.7. The van der Waals surface area contributed by atoms with E-state index in [2.05, 4.69) is 275 Å². The van der Waals surface area contributed by atoms with Gasteiger partial charge < -0.3 is 13.7 Å². The number of rotatable bonds is 10. The first-order chi connectivity index (χ1) is 45.0. The largest absolute Gasteiger partial charge is 0.309 e. The van der Waals surface area contributed by atoms with Gasteiger partial charge in [0.25, 0.3) is 0 Å². The van der Waals surface area contributed by atoms with Crippen LogP contribution in [0.1, 0.15) is 11.1 Å². The zero-order valence-electron chi connectivity index (χ0n) is 49.1. The Morgan fingerprint density at radius 1 is 0.242 bits per heavy atom. The first-order valence-corrected chi connectivity index (χ1v) is 30.5. The molecule has 0 N–H and O–H groups in total. The lowest BCUT2D eigenvalue weighted by atomic mass is 9.91. The van der Waals surface area contributed by atoms with Gasteiger partial charge in [0.1, 0.15) is 0 Å². The molecule has 0 atom stereocenters. The van der Waals surface area contributed by atoms with E-state index in [1.807, 2.05) is 60.7 Å². The molecule has 0 unspecified atom stereocenters. The Kier molecular flexibility index (Phi) is 12.5. The number of hydrogen-bond donors (Lipinski definition) is 0. The summed E-state index contributed by atoms with van der Waals surface area (Å²) in [6, 6.07) is 114. The number of hydrogen-bond acceptors (Lipinski definition) is 4. The van der Waals surface area contributed by atoms with Crippen LogP contribution in [0.3, 0.4) is 0 Å². The fraction of sp³-hybridized carbons (Fsp3) is 0. The minimum absolute atomic E-state index is 0.593. The van der Waals surface area contributed by atoms with Crippen LogP contribution in [0, 0.1) is 22.7 Å². The van der Waals surface area contributed by atoms with Gasteiger partial charge in [0.05, 0.1) is 73.4 Å². The molecule has 13 aromatic carbocycles. The molecule has 17 aromatic rings. The molecule has 0 fully saturated rings. The van der Waals surface area contributed by atoms with Gasteiger partial charge in [-0.1, -0.05) is 194 Å². The monoisotopic (exact) mass is 1160 g/mol. The van der Waals surface area contributed by atoms with Crippen LogP contribution in [0.5, 0.6) is 0 Å². The molecular weight excluding hydrogens is 1110 g/mol. The molecule has 4 aromatic heterocycles. The Hall–Kier alpha value is -12.7. The maximum absolute atomic E-state index is 10.1. The summed E-state index contributed by atoms with van der Waals surface area (Å²) in [4.78, 5) is 10.8. The van der Waals surface area contributed by atoms with Gasteiger partial charge in [-0.3, -0.25) is 0 Å². The molecule has 0 saturated heterocycles. The lowest BCUT2D eigenvalue weighted by molar-refractivity contribution is 1.16. The number of nitrogens with zero attached hydrogens (tertiary/aromatic N) is 7. The third kappa shape index (κ3) is 8.96. The van der Waals surface area contributed by atoms with Crippen molar-refractivity contribution in [3.05, 3.63) is 321 Å². The Labute approximate surface area is 524 Å². The predicted octanol–water partition coefficient (Wildman–Crippen LogP) is 21.2. The predicted molar refractivity (Wildman–Crippen MR) is 373 cm³/mol. The summed E-state index contributed by atoms with van der Waals surface area (Å²) >= 11 is 0. The third-order valence-electron chi connectivity index (χ3n) is 17.9. The normalized spacial score (nSPS) is 11.5. The highest BCUT2D eigenvalue weighted by Crippen LogP contribution is 2.47. The smallest absolute Gasteiger partial charge is 0.160 e. The molecule has 0 amide bonds. The summed E-state index contributed by atoms with van der Waals surface area (Å²) in [5.74, 6) is 0.625. The molecule has 0 aliphatic heterocycles. The van der Waals surface area contributed by atoms with E-state index in [9.17, 15) is 10.5 Å². The Morgan fingerprint density at radius 3 is 1.05 bits per heavy atom. The van der Waals surface area contributed by atoms with Crippen LogP contribution in [0.4, 0.5) is 0 Å². The van der Waals surface area contributed by atoms with E-state index in [4.69, 9.17) is 9.97 Å². The second-order valence-electron chi connectivity index (χ2n) is 23.1. The molecular formula is C84H51N7. The lowest BCUT2D eigenvalue weighted by Crippen LogP contribution is -2.04. The SMILES string of the molecule is N#Cc1cccc(-c2ccc3c(c2)c2cc(-c4cccc(C#N)c4)ccc2n3-c2c(-c3cccc(-n4c5ccccc5c5ccccc54)c3)cc(-c3cc(-c4ccccc4)nc(-c4ccccc4)n3)cc2-c2cccc(-n3c4ccccc4c4ccccc43)c2)c1. The Bertz CT molecular complexity index is 5420. The molecule has 0 aliphatic rings. The van der Waals surface area contributed by atoms with Crippen LogP contribution in [0.15, 0.2) is 309 Å². The van der Waals surface area contributed by atoms with Crippen LogP contribution in [-0.2, 0) is 0 Å². The van der Waals surface area contributed by atoms with Crippen LogP contribution in [0.2, 0.25) is 0 Å². The van der Waals surface area contributed by atoms with E-state index in [1.54, 1.807) is 0 Å². The van der Waals surface area contributed by atoms with Gasteiger partial charge in [-0.05, 0) is 149 Å². The maximum atomic E-state index is 10.1. The summed E-state index contributed by atoms with van der Waals surface area (Å²) in [7, 11) is 0. The van der Waals surface area contributed by atoms with E-state index < -0.39 is 0 Å². The minimum Gasteiger partial charge on any atom is -0.309 e. The average Bonchev–Trinajstić information content (AvgIpc) is 1.86. The minimum atomic E-state index is 0.593. The number of benzene rings is 13. The molecule has 0 aliphatic carbocycles. The highest BCUT2D eigenvalue weighted by atomic mass is 15.0. The van der Waals surface area contributed by atoms with Crippen molar-refractivity contribution in [1.82, 2.24) is 23.7 Å².